The molecule has 0 aliphatic heterocycles. The molecule has 0 aliphatic rings. The lowest BCUT2D eigenvalue weighted by atomic mass is 9.99. The van der Waals surface area contributed by atoms with E-state index in [0.717, 1.165) is 34.1 Å². The van der Waals surface area contributed by atoms with E-state index in [0.29, 0.717) is 0 Å². The second-order valence-corrected chi connectivity index (χ2v) is 12.3. The van der Waals surface area contributed by atoms with Crippen molar-refractivity contribution in [3.05, 3.63) is 180 Å². The van der Waals surface area contributed by atoms with E-state index in [1.165, 1.54) is 50.1 Å². The van der Waals surface area contributed by atoms with Crippen LogP contribution in [0.3, 0.4) is 0 Å². The van der Waals surface area contributed by atoms with Crippen molar-refractivity contribution in [2.24, 2.45) is 0 Å². The predicted octanol–water partition coefficient (Wildman–Crippen LogP) is 12.8. The molecule has 7 aromatic carbocycles. The lowest BCUT2D eigenvalue weighted by Crippen LogP contribution is -2.02. The van der Waals surface area contributed by atoms with Gasteiger partial charge in [-0.1, -0.05) is 146 Å². The Labute approximate surface area is 284 Å². The topological polar surface area (TPSA) is 36.1 Å². The zero-order valence-corrected chi connectivity index (χ0v) is 27.6. The van der Waals surface area contributed by atoms with E-state index in [9.17, 15) is 0 Å². The zero-order valence-electron chi connectivity index (χ0n) is 27.6. The number of benzene rings is 7. The van der Waals surface area contributed by atoms with Gasteiger partial charge in [0.1, 0.15) is 0 Å². The summed E-state index contributed by atoms with van der Waals surface area (Å²) >= 11 is 0. The van der Waals surface area contributed by atoms with Crippen LogP contribution < -0.4 is 16.0 Å². The van der Waals surface area contributed by atoms with Gasteiger partial charge in [-0.15, -0.1) is 0 Å². The van der Waals surface area contributed by atoms with Crippen molar-refractivity contribution in [1.82, 2.24) is 0 Å². The first-order valence-corrected chi connectivity index (χ1v) is 16.4. The molecule has 7 rings (SSSR count). The summed E-state index contributed by atoms with van der Waals surface area (Å²) in [5.41, 5.74) is 16.8. The van der Waals surface area contributed by atoms with Crippen molar-refractivity contribution in [2.45, 2.75) is 20.8 Å². The van der Waals surface area contributed by atoms with Gasteiger partial charge in [-0.05, 0) is 72.4 Å². The molecule has 3 N–H and O–H groups in total. The maximum Gasteiger partial charge on any atom is 0.0493 e. The Morgan fingerprint density at radius 2 is 0.562 bits per heavy atom. The minimum Gasteiger partial charge on any atom is -0.355 e. The lowest BCUT2D eigenvalue weighted by molar-refractivity contribution is 1.40. The molecule has 234 valence electrons. The number of aryl methyl sites for hydroxylation is 3. The minimum atomic E-state index is 0.985. The summed E-state index contributed by atoms with van der Waals surface area (Å²) < 4.78 is 0. The van der Waals surface area contributed by atoms with E-state index in [1.807, 2.05) is 0 Å². The van der Waals surface area contributed by atoms with Crippen molar-refractivity contribution >= 4 is 34.1 Å². The highest BCUT2D eigenvalue weighted by atomic mass is 14.9. The molecule has 0 saturated carbocycles. The quantitative estimate of drug-likeness (QED) is 0.150. The number of nitrogens with one attached hydrogen (secondary N) is 3. The molecular formula is C45H39N3. The van der Waals surface area contributed by atoms with Crippen molar-refractivity contribution in [3.8, 4) is 33.4 Å². The average molecular weight is 622 g/mol. The predicted molar refractivity (Wildman–Crippen MR) is 206 cm³/mol. The Morgan fingerprint density at radius 1 is 0.292 bits per heavy atom. The molecule has 0 saturated heterocycles. The molecule has 7 aromatic rings. The summed E-state index contributed by atoms with van der Waals surface area (Å²) in [4.78, 5) is 0. The van der Waals surface area contributed by atoms with E-state index in [4.69, 9.17) is 0 Å². The normalized spacial score (nSPS) is 10.8. The van der Waals surface area contributed by atoms with E-state index in [-0.39, 0.29) is 0 Å². The van der Waals surface area contributed by atoms with Crippen LogP contribution >= 0.6 is 0 Å². The lowest BCUT2D eigenvalue weighted by Gasteiger charge is -2.21. The number of hydrogen-bond acceptors (Lipinski definition) is 3. The van der Waals surface area contributed by atoms with Crippen LogP contribution in [0.2, 0.25) is 0 Å². The van der Waals surface area contributed by atoms with Crippen molar-refractivity contribution < 1.29 is 0 Å². The molecule has 0 heterocycles. The van der Waals surface area contributed by atoms with Gasteiger partial charge in [-0.2, -0.15) is 0 Å². The van der Waals surface area contributed by atoms with Crippen LogP contribution in [0.15, 0.2) is 164 Å². The van der Waals surface area contributed by atoms with Gasteiger partial charge < -0.3 is 16.0 Å². The van der Waals surface area contributed by atoms with E-state index in [1.54, 1.807) is 0 Å². The first-order chi connectivity index (χ1) is 23.5. The summed E-state index contributed by atoms with van der Waals surface area (Å²) in [5.74, 6) is 0. The minimum absolute atomic E-state index is 0.985. The van der Waals surface area contributed by atoms with Gasteiger partial charge in [0.2, 0.25) is 0 Å². The molecule has 0 fully saturated rings. The Hall–Kier alpha value is -6.06. The molecular weight excluding hydrogens is 583 g/mol. The molecule has 0 spiro atoms. The number of hydrogen-bond donors (Lipinski definition) is 3. The Bertz CT molecular complexity index is 1910. The summed E-state index contributed by atoms with van der Waals surface area (Å²) in [6, 6.07) is 57.7. The van der Waals surface area contributed by atoms with Crippen LogP contribution in [0.25, 0.3) is 33.4 Å². The monoisotopic (exact) mass is 621 g/mol. The molecule has 0 unspecified atom stereocenters. The van der Waals surface area contributed by atoms with Gasteiger partial charge in [0.25, 0.3) is 0 Å². The second kappa shape index (κ2) is 13.7. The maximum atomic E-state index is 3.83. The molecule has 48 heavy (non-hydrogen) atoms. The van der Waals surface area contributed by atoms with Gasteiger partial charge in [-0.25, -0.2) is 0 Å². The molecule has 0 aliphatic carbocycles. The van der Waals surface area contributed by atoms with Gasteiger partial charge in [0, 0.05) is 50.8 Å². The fraction of sp³-hybridized carbons (Fsp3) is 0.0667. The highest BCUT2D eigenvalue weighted by Gasteiger charge is 2.14. The maximum absolute atomic E-state index is 3.83. The van der Waals surface area contributed by atoms with Crippen LogP contribution in [0.1, 0.15) is 16.7 Å². The third-order valence-corrected chi connectivity index (χ3v) is 8.81. The summed E-state index contributed by atoms with van der Waals surface area (Å²) in [7, 11) is 0. The molecule has 0 bridgehead atoms. The third kappa shape index (κ3) is 6.58. The molecule has 0 aromatic heterocycles. The smallest absolute Gasteiger partial charge is 0.0493 e. The summed E-state index contributed by atoms with van der Waals surface area (Å²) in [6.07, 6.45) is 0. The van der Waals surface area contributed by atoms with Crippen LogP contribution in [0, 0.1) is 20.8 Å². The number of rotatable bonds is 9. The van der Waals surface area contributed by atoms with Crippen LogP contribution in [-0.4, -0.2) is 0 Å². The molecule has 3 nitrogen and oxygen atoms in total. The largest absolute Gasteiger partial charge is 0.355 e. The first kappa shape index (κ1) is 30.6. The molecule has 3 heteroatoms. The van der Waals surface area contributed by atoms with Crippen molar-refractivity contribution in [2.75, 3.05) is 16.0 Å². The molecule has 0 amide bonds. The Balaban J connectivity index is 1.35. The Morgan fingerprint density at radius 3 is 0.833 bits per heavy atom. The van der Waals surface area contributed by atoms with Gasteiger partial charge in [0.15, 0.2) is 0 Å². The standard InChI is InChI=1S/C45H39N3/c1-31-16-13-25-40(34-19-7-4-8-20-34)43(31)46-37-28-38(47-44-32(2)17-14-26-41(44)35-21-9-5-10-22-35)30-39(29-37)48-45-33(3)18-15-27-42(45)36-23-11-6-12-24-36/h4-30,46-48H,1-3H3. The van der Waals surface area contributed by atoms with Crippen LogP contribution in [0.5, 0.6) is 0 Å². The van der Waals surface area contributed by atoms with Crippen LogP contribution in [0.4, 0.5) is 34.1 Å². The first-order valence-electron chi connectivity index (χ1n) is 16.4. The highest BCUT2D eigenvalue weighted by Crippen LogP contribution is 2.39. The van der Waals surface area contributed by atoms with Crippen molar-refractivity contribution in [3.63, 3.8) is 0 Å². The molecule has 0 radical (unpaired) electrons. The van der Waals surface area contributed by atoms with Gasteiger partial charge >= 0.3 is 0 Å². The number of para-hydroxylation sites is 3. The zero-order chi connectivity index (χ0) is 32.9. The summed E-state index contributed by atoms with van der Waals surface area (Å²) in [5, 5.41) is 11.5. The number of anilines is 6. The van der Waals surface area contributed by atoms with E-state index >= 15 is 0 Å². The van der Waals surface area contributed by atoms with Gasteiger partial charge in [-0.3, -0.25) is 0 Å². The van der Waals surface area contributed by atoms with Crippen molar-refractivity contribution in [1.29, 1.82) is 0 Å². The van der Waals surface area contributed by atoms with E-state index < -0.39 is 0 Å². The fourth-order valence-electron chi connectivity index (χ4n) is 6.35. The Kier molecular flexibility index (Phi) is 8.76. The average Bonchev–Trinajstić information content (AvgIpc) is 3.12. The SMILES string of the molecule is Cc1cccc(-c2ccccc2)c1Nc1cc(Nc2c(C)cccc2-c2ccccc2)cc(Nc2c(C)cccc2-c2ccccc2)c1. The highest BCUT2D eigenvalue weighted by molar-refractivity contribution is 5.89. The fourth-order valence-corrected chi connectivity index (χ4v) is 6.35. The van der Waals surface area contributed by atoms with Crippen LogP contribution in [-0.2, 0) is 0 Å². The second-order valence-electron chi connectivity index (χ2n) is 12.3. The molecule has 0 atom stereocenters. The van der Waals surface area contributed by atoms with Gasteiger partial charge in [0.05, 0.1) is 0 Å². The third-order valence-electron chi connectivity index (χ3n) is 8.81. The van der Waals surface area contributed by atoms with E-state index in [2.05, 4.69) is 201 Å². The summed E-state index contributed by atoms with van der Waals surface area (Å²) in [6.45, 7) is 6.49.